The van der Waals surface area contributed by atoms with Gasteiger partial charge in [0.05, 0.1) is 11.2 Å². The summed E-state index contributed by atoms with van der Waals surface area (Å²) in [6, 6.07) is 0. The van der Waals surface area contributed by atoms with Crippen LogP contribution in [0.5, 0.6) is 0 Å². The van der Waals surface area contributed by atoms with Crippen LogP contribution in [0, 0.1) is 0 Å². The number of allylic oxidation sites excluding steroid dienone is 1. The third-order valence-electron chi connectivity index (χ3n) is 1.37. The third-order valence-corrected chi connectivity index (χ3v) is 2.55. The second-order valence-electron chi connectivity index (χ2n) is 2.95. The lowest BCUT2D eigenvalue weighted by Crippen LogP contribution is -2.03. The molecule has 0 aromatic carbocycles. The van der Waals surface area contributed by atoms with Gasteiger partial charge in [-0.1, -0.05) is 12.7 Å². The topological polar surface area (TPSA) is 146 Å². The molecule has 0 spiro atoms. The summed E-state index contributed by atoms with van der Waals surface area (Å²) in [5.74, 6) is -1.54. The van der Waals surface area contributed by atoms with Crippen LogP contribution in [0.3, 0.4) is 0 Å². The number of carboxylic acid groups (broad SMARTS) is 1. The fourth-order valence-corrected chi connectivity index (χ4v) is 0.927. The first-order valence-corrected chi connectivity index (χ1v) is 7.45. The fraction of sp³-hybridized carbons (Fsp3) is 0.375. The first-order chi connectivity index (χ1) is 7.89. The van der Waals surface area contributed by atoms with Crippen LogP contribution in [0.1, 0.15) is 13.3 Å². The van der Waals surface area contributed by atoms with Gasteiger partial charge < -0.3 is 5.11 Å². The highest BCUT2D eigenvalue weighted by atomic mass is 32.2. The molecule has 8 nitrogen and oxygen atoms in total. The third kappa shape index (κ3) is 17.2. The van der Waals surface area contributed by atoms with E-state index in [2.05, 4.69) is 6.58 Å². The monoisotopic (exact) mass is 302 g/mol. The van der Waals surface area contributed by atoms with Crippen LogP contribution in [-0.4, -0.2) is 42.8 Å². The SMILES string of the molecule is C/C(=C\CCS(=O)(=O)O)C(=O)O.C=CS(=O)(=O)O. The first-order valence-electron chi connectivity index (χ1n) is 4.34. The maximum Gasteiger partial charge on any atom is 0.330 e. The zero-order chi connectivity index (χ0) is 15.0. The molecule has 0 aromatic rings. The minimum atomic E-state index is -3.98. The molecule has 0 radical (unpaired) electrons. The minimum Gasteiger partial charge on any atom is -0.478 e. The Morgan fingerprint density at radius 3 is 1.83 bits per heavy atom. The summed E-state index contributed by atoms with van der Waals surface area (Å²) in [7, 11) is -7.88. The fourth-order valence-electron chi connectivity index (χ4n) is 0.512. The molecule has 0 unspecified atom stereocenters. The van der Waals surface area contributed by atoms with E-state index in [0.29, 0.717) is 5.41 Å². The molecular formula is C8H14O8S2. The molecule has 0 saturated heterocycles. The summed E-state index contributed by atoms with van der Waals surface area (Å²) in [6.07, 6.45) is 1.26. The molecule has 0 atom stereocenters. The van der Waals surface area contributed by atoms with Crippen LogP contribution in [0.25, 0.3) is 0 Å². The summed E-state index contributed by atoms with van der Waals surface area (Å²) in [5.41, 5.74) is 0.0682. The molecule has 18 heavy (non-hydrogen) atoms. The quantitative estimate of drug-likeness (QED) is 0.486. The molecule has 0 aliphatic rings. The van der Waals surface area contributed by atoms with Crippen molar-refractivity contribution in [2.24, 2.45) is 0 Å². The number of carboxylic acids is 1. The Balaban J connectivity index is 0. The molecule has 0 heterocycles. The lowest BCUT2D eigenvalue weighted by Gasteiger charge is -1.93. The molecule has 0 fully saturated rings. The van der Waals surface area contributed by atoms with Crippen molar-refractivity contribution in [1.82, 2.24) is 0 Å². The molecule has 0 amide bonds. The maximum atomic E-state index is 10.2. The van der Waals surface area contributed by atoms with Crippen molar-refractivity contribution in [3.05, 3.63) is 23.6 Å². The Labute approximate surface area is 105 Å². The number of aliphatic carboxylic acids is 1. The van der Waals surface area contributed by atoms with E-state index >= 15 is 0 Å². The van der Waals surface area contributed by atoms with Gasteiger partial charge in [0.2, 0.25) is 0 Å². The van der Waals surface area contributed by atoms with Crippen LogP contribution < -0.4 is 0 Å². The van der Waals surface area contributed by atoms with Gasteiger partial charge in [-0.3, -0.25) is 9.11 Å². The van der Waals surface area contributed by atoms with Crippen molar-refractivity contribution >= 4 is 26.2 Å². The van der Waals surface area contributed by atoms with Crippen LogP contribution in [0.2, 0.25) is 0 Å². The van der Waals surface area contributed by atoms with Crippen LogP contribution in [-0.2, 0) is 25.0 Å². The van der Waals surface area contributed by atoms with Crippen molar-refractivity contribution in [1.29, 1.82) is 0 Å². The summed E-state index contributed by atoms with van der Waals surface area (Å²) < 4.78 is 55.1. The average molecular weight is 302 g/mol. The zero-order valence-electron chi connectivity index (χ0n) is 9.48. The lowest BCUT2D eigenvalue weighted by molar-refractivity contribution is -0.132. The van der Waals surface area contributed by atoms with E-state index in [9.17, 15) is 21.6 Å². The van der Waals surface area contributed by atoms with E-state index in [1.54, 1.807) is 0 Å². The minimum absolute atomic E-state index is 0.0109. The molecule has 3 N–H and O–H groups in total. The van der Waals surface area contributed by atoms with E-state index in [0.717, 1.165) is 0 Å². The van der Waals surface area contributed by atoms with Gasteiger partial charge >= 0.3 is 5.97 Å². The molecule has 0 aromatic heterocycles. The zero-order valence-corrected chi connectivity index (χ0v) is 11.1. The van der Waals surface area contributed by atoms with Gasteiger partial charge in [0.25, 0.3) is 20.2 Å². The van der Waals surface area contributed by atoms with Crippen molar-refractivity contribution in [3.8, 4) is 0 Å². The average Bonchev–Trinajstić information content (AvgIpc) is 2.15. The summed E-state index contributed by atoms with van der Waals surface area (Å²) >= 11 is 0. The standard InChI is InChI=1S/C6H10O5S.C2H4O3S/c1-5(6(7)8)3-2-4-12(9,10)11;1-2-6(3,4)5/h3H,2,4H2,1H3,(H,7,8)(H,9,10,11);2H,1H2,(H,3,4,5)/b5-3+;. The smallest absolute Gasteiger partial charge is 0.330 e. The number of hydrogen-bond acceptors (Lipinski definition) is 5. The number of rotatable bonds is 5. The first kappa shape index (κ1) is 19.1. The van der Waals surface area contributed by atoms with Crippen LogP contribution >= 0.6 is 0 Å². The van der Waals surface area contributed by atoms with E-state index < -0.39 is 32.0 Å². The van der Waals surface area contributed by atoms with E-state index in [4.69, 9.17) is 14.2 Å². The second kappa shape index (κ2) is 7.97. The lowest BCUT2D eigenvalue weighted by atomic mass is 10.2. The highest BCUT2D eigenvalue weighted by Crippen LogP contribution is 1.97. The van der Waals surface area contributed by atoms with Gasteiger partial charge in [0.1, 0.15) is 0 Å². The predicted molar refractivity (Wildman–Crippen MR) is 64.2 cm³/mol. The van der Waals surface area contributed by atoms with Crippen LogP contribution in [0.4, 0.5) is 0 Å². The van der Waals surface area contributed by atoms with Crippen LogP contribution in [0.15, 0.2) is 23.6 Å². The molecule has 0 bridgehead atoms. The summed E-state index contributed by atoms with van der Waals surface area (Å²) in [4.78, 5) is 10.2. The molecule has 0 aliphatic heterocycles. The number of hydrogen-bond donors (Lipinski definition) is 3. The van der Waals surface area contributed by atoms with Gasteiger partial charge in [0, 0.05) is 5.57 Å². The van der Waals surface area contributed by atoms with Crippen molar-refractivity contribution < 1.29 is 35.8 Å². The van der Waals surface area contributed by atoms with Crippen molar-refractivity contribution in [2.45, 2.75) is 13.3 Å². The molecule has 0 rings (SSSR count). The largest absolute Gasteiger partial charge is 0.478 e. The maximum absolute atomic E-state index is 10.2. The van der Waals surface area contributed by atoms with Gasteiger partial charge in [-0.2, -0.15) is 16.8 Å². The van der Waals surface area contributed by atoms with E-state index in [1.807, 2.05) is 0 Å². The Bertz CT molecular complexity index is 500. The molecule has 0 saturated carbocycles. The van der Waals surface area contributed by atoms with E-state index in [1.165, 1.54) is 13.0 Å². The van der Waals surface area contributed by atoms with Gasteiger partial charge in [-0.15, -0.1) is 0 Å². The van der Waals surface area contributed by atoms with Crippen molar-refractivity contribution in [3.63, 3.8) is 0 Å². The molecule has 0 aliphatic carbocycles. The molecule has 106 valence electrons. The highest BCUT2D eigenvalue weighted by molar-refractivity contribution is 7.88. The summed E-state index contributed by atoms with van der Waals surface area (Å²) in [5, 5.41) is 8.80. The van der Waals surface area contributed by atoms with E-state index in [-0.39, 0.29) is 12.0 Å². The Hall–Kier alpha value is -1.23. The Kier molecular flexibility index (Phi) is 8.47. The molecular weight excluding hydrogens is 288 g/mol. The summed E-state index contributed by atoms with van der Waals surface area (Å²) in [6.45, 7) is 4.15. The number of carbonyl (C=O) groups is 1. The normalized spacial score (nSPS) is 12.3. The second-order valence-corrected chi connectivity index (χ2v) is 5.88. The Morgan fingerprint density at radius 1 is 1.22 bits per heavy atom. The Morgan fingerprint density at radius 2 is 1.61 bits per heavy atom. The van der Waals surface area contributed by atoms with Crippen molar-refractivity contribution in [2.75, 3.05) is 5.75 Å². The van der Waals surface area contributed by atoms with Gasteiger partial charge in [-0.05, 0) is 13.3 Å². The predicted octanol–water partition coefficient (Wildman–Crippen LogP) is 0.313. The van der Waals surface area contributed by atoms with Gasteiger partial charge in [-0.25, -0.2) is 4.79 Å². The highest BCUT2D eigenvalue weighted by Gasteiger charge is 2.03. The van der Waals surface area contributed by atoms with Gasteiger partial charge in [0.15, 0.2) is 0 Å². The molecule has 10 heteroatoms.